The fourth-order valence-electron chi connectivity index (χ4n) is 2.21. The van der Waals surface area contributed by atoms with Crippen LogP contribution in [-0.2, 0) is 0 Å². The Bertz CT molecular complexity index is 607. The van der Waals surface area contributed by atoms with E-state index in [1.807, 2.05) is 18.2 Å². The van der Waals surface area contributed by atoms with E-state index < -0.39 is 0 Å². The van der Waals surface area contributed by atoms with Gasteiger partial charge >= 0.3 is 0 Å². The Morgan fingerprint density at radius 2 is 2.05 bits per heavy atom. The molecule has 2 aromatic rings. The van der Waals surface area contributed by atoms with Crippen molar-refractivity contribution < 1.29 is 9.13 Å². The Kier molecular flexibility index (Phi) is 5.70. The zero-order chi connectivity index (χ0) is 15.2. The van der Waals surface area contributed by atoms with Crippen LogP contribution in [0, 0.1) is 5.82 Å². The lowest BCUT2D eigenvalue weighted by molar-refractivity contribution is 0.386. The molecule has 0 aliphatic rings. The summed E-state index contributed by atoms with van der Waals surface area (Å²) < 4.78 is 20.2. The molecule has 1 aromatic carbocycles. The van der Waals surface area contributed by atoms with Crippen LogP contribution in [0.2, 0.25) is 0 Å². The first-order valence-corrected chi connectivity index (χ1v) is 7.64. The molecular weight excluding hydrogens is 335 g/mol. The number of hydrogen-bond acceptors (Lipinski definition) is 3. The van der Waals surface area contributed by atoms with Gasteiger partial charge in [0, 0.05) is 17.3 Å². The van der Waals surface area contributed by atoms with Crippen molar-refractivity contribution in [3.05, 3.63) is 57.9 Å². The maximum atomic E-state index is 14.5. The van der Waals surface area contributed by atoms with E-state index in [9.17, 15) is 4.39 Å². The van der Waals surface area contributed by atoms with E-state index in [1.54, 1.807) is 25.4 Å². The first-order valence-electron chi connectivity index (χ1n) is 6.85. The fraction of sp³-hybridized carbons (Fsp3) is 0.312. The predicted octanol–water partition coefficient (Wildman–Crippen LogP) is 4.08. The van der Waals surface area contributed by atoms with E-state index >= 15 is 0 Å². The molecule has 5 heteroatoms. The van der Waals surface area contributed by atoms with Gasteiger partial charge in [-0.05, 0) is 41.0 Å². The first kappa shape index (κ1) is 15.9. The number of rotatable bonds is 6. The Labute approximate surface area is 132 Å². The topological polar surface area (TPSA) is 34.2 Å². The largest absolute Gasteiger partial charge is 0.481 e. The second-order valence-electron chi connectivity index (χ2n) is 4.63. The van der Waals surface area contributed by atoms with Gasteiger partial charge in [0.15, 0.2) is 0 Å². The zero-order valence-electron chi connectivity index (χ0n) is 12.1. The van der Waals surface area contributed by atoms with Crippen molar-refractivity contribution in [1.82, 2.24) is 10.3 Å². The van der Waals surface area contributed by atoms with Gasteiger partial charge in [-0.2, -0.15) is 0 Å². The van der Waals surface area contributed by atoms with Gasteiger partial charge in [0.25, 0.3) is 0 Å². The molecule has 0 amide bonds. The first-order chi connectivity index (χ1) is 10.2. The zero-order valence-corrected chi connectivity index (χ0v) is 13.7. The van der Waals surface area contributed by atoms with Gasteiger partial charge in [0.05, 0.1) is 17.6 Å². The number of halogens is 2. The van der Waals surface area contributed by atoms with Crippen molar-refractivity contribution in [2.45, 2.75) is 19.4 Å². The van der Waals surface area contributed by atoms with Crippen molar-refractivity contribution in [2.75, 3.05) is 13.7 Å². The molecule has 0 saturated heterocycles. The van der Waals surface area contributed by atoms with E-state index in [4.69, 9.17) is 4.74 Å². The second-order valence-corrected chi connectivity index (χ2v) is 5.49. The minimum atomic E-state index is -0.300. The molecule has 0 aliphatic heterocycles. The van der Waals surface area contributed by atoms with E-state index in [1.165, 1.54) is 0 Å². The number of nitrogens with zero attached hydrogens (tertiary/aromatic N) is 1. The maximum absolute atomic E-state index is 14.5. The number of hydrogen-bond donors (Lipinski definition) is 1. The summed E-state index contributed by atoms with van der Waals surface area (Å²) in [4.78, 5) is 4.21. The van der Waals surface area contributed by atoms with Crippen LogP contribution in [0.1, 0.15) is 30.5 Å². The number of ether oxygens (including phenoxy) is 1. The lowest BCUT2D eigenvalue weighted by Crippen LogP contribution is -2.25. The minimum absolute atomic E-state index is 0.267. The van der Waals surface area contributed by atoms with E-state index in [-0.39, 0.29) is 11.9 Å². The van der Waals surface area contributed by atoms with Crippen molar-refractivity contribution in [1.29, 1.82) is 0 Å². The molecule has 2 rings (SSSR count). The number of nitrogens with one attached hydrogen (secondary N) is 1. The molecule has 1 aromatic heterocycles. The molecule has 112 valence electrons. The van der Waals surface area contributed by atoms with Crippen molar-refractivity contribution in [3.8, 4) is 5.88 Å². The van der Waals surface area contributed by atoms with E-state index in [2.05, 4.69) is 33.2 Å². The Morgan fingerprint density at radius 3 is 2.76 bits per heavy atom. The average molecular weight is 353 g/mol. The highest BCUT2D eigenvalue weighted by Crippen LogP contribution is 2.32. The molecule has 0 radical (unpaired) electrons. The summed E-state index contributed by atoms with van der Waals surface area (Å²) in [5, 5.41) is 3.36. The third kappa shape index (κ3) is 3.60. The molecule has 1 heterocycles. The number of benzene rings is 1. The Hall–Kier alpha value is -1.46. The number of aromatic nitrogens is 1. The highest BCUT2D eigenvalue weighted by Gasteiger charge is 2.22. The molecule has 1 N–H and O–H groups in total. The number of methoxy groups -OCH3 is 1. The maximum Gasteiger partial charge on any atom is 0.218 e. The summed E-state index contributed by atoms with van der Waals surface area (Å²) in [6.07, 6.45) is 2.62. The van der Waals surface area contributed by atoms with Crippen LogP contribution in [0.3, 0.4) is 0 Å². The predicted molar refractivity (Wildman–Crippen MR) is 85.0 cm³/mol. The molecular formula is C16H18BrFN2O. The Balaban J connectivity index is 2.50. The van der Waals surface area contributed by atoms with Crippen LogP contribution in [0.4, 0.5) is 4.39 Å². The molecule has 0 spiro atoms. The number of pyridine rings is 1. The Morgan fingerprint density at radius 1 is 1.29 bits per heavy atom. The van der Waals surface area contributed by atoms with Gasteiger partial charge in [-0.25, -0.2) is 9.37 Å². The molecule has 1 atom stereocenters. The van der Waals surface area contributed by atoms with Crippen LogP contribution in [0.15, 0.2) is 41.0 Å². The van der Waals surface area contributed by atoms with Gasteiger partial charge < -0.3 is 10.1 Å². The molecule has 0 aliphatic carbocycles. The summed E-state index contributed by atoms with van der Waals surface area (Å²) in [6.45, 7) is 2.84. The molecule has 3 nitrogen and oxygen atoms in total. The van der Waals surface area contributed by atoms with E-state index in [0.29, 0.717) is 15.9 Å². The molecule has 0 fully saturated rings. The van der Waals surface area contributed by atoms with Gasteiger partial charge in [0.1, 0.15) is 5.82 Å². The van der Waals surface area contributed by atoms with Crippen molar-refractivity contribution >= 4 is 15.9 Å². The third-order valence-corrected chi connectivity index (χ3v) is 3.81. The molecule has 0 saturated carbocycles. The standard InChI is InChI=1S/C16H18BrFN2O/c1-3-9-19-15(11-6-4-8-13(17)14(11)18)12-7-5-10-20-16(12)21-2/h4-8,10,15,19H,3,9H2,1-2H3. The van der Waals surface area contributed by atoms with Crippen molar-refractivity contribution in [2.24, 2.45) is 0 Å². The lowest BCUT2D eigenvalue weighted by Gasteiger charge is -2.21. The molecule has 21 heavy (non-hydrogen) atoms. The van der Waals surface area contributed by atoms with Crippen LogP contribution in [-0.4, -0.2) is 18.6 Å². The smallest absolute Gasteiger partial charge is 0.218 e. The van der Waals surface area contributed by atoms with Gasteiger partial charge in [0.2, 0.25) is 5.88 Å². The highest BCUT2D eigenvalue weighted by atomic mass is 79.9. The van der Waals surface area contributed by atoms with Gasteiger partial charge in [-0.1, -0.05) is 25.1 Å². The summed E-state index contributed by atoms with van der Waals surface area (Å²) in [7, 11) is 1.57. The minimum Gasteiger partial charge on any atom is -0.481 e. The van der Waals surface area contributed by atoms with Crippen LogP contribution in [0.5, 0.6) is 5.88 Å². The monoisotopic (exact) mass is 352 g/mol. The van der Waals surface area contributed by atoms with Crippen LogP contribution in [0.25, 0.3) is 0 Å². The van der Waals surface area contributed by atoms with Gasteiger partial charge in [-0.3, -0.25) is 0 Å². The van der Waals surface area contributed by atoms with Crippen molar-refractivity contribution in [3.63, 3.8) is 0 Å². The van der Waals surface area contributed by atoms with E-state index in [0.717, 1.165) is 18.5 Å². The highest BCUT2D eigenvalue weighted by molar-refractivity contribution is 9.10. The second kappa shape index (κ2) is 7.52. The SMILES string of the molecule is CCCNC(c1cccnc1OC)c1cccc(Br)c1F. The summed E-state index contributed by atoms with van der Waals surface area (Å²) in [5.74, 6) is 0.238. The van der Waals surface area contributed by atoms with Gasteiger partial charge in [-0.15, -0.1) is 0 Å². The average Bonchev–Trinajstić information content (AvgIpc) is 2.52. The quantitative estimate of drug-likeness (QED) is 0.850. The third-order valence-electron chi connectivity index (χ3n) is 3.20. The fourth-order valence-corrected chi connectivity index (χ4v) is 2.59. The van der Waals surface area contributed by atoms with Crippen LogP contribution < -0.4 is 10.1 Å². The van der Waals surface area contributed by atoms with Crippen LogP contribution >= 0.6 is 15.9 Å². The summed E-state index contributed by atoms with van der Waals surface area (Å²) in [5.41, 5.74) is 1.40. The molecule has 0 bridgehead atoms. The normalized spacial score (nSPS) is 12.2. The molecule has 1 unspecified atom stereocenters. The lowest BCUT2D eigenvalue weighted by atomic mass is 9.99. The summed E-state index contributed by atoms with van der Waals surface area (Å²) in [6, 6.07) is 8.72. The summed E-state index contributed by atoms with van der Waals surface area (Å²) >= 11 is 3.24.